The van der Waals surface area contributed by atoms with Crippen LogP contribution in [0.15, 0.2) is 0 Å². The number of carbonyl (C=O) groups is 6. The van der Waals surface area contributed by atoms with Crippen LogP contribution in [-0.2, 0) is 28.8 Å². The summed E-state index contributed by atoms with van der Waals surface area (Å²) in [4.78, 5) is 71.2. The number of carbonyl (C=O) groups excluding carboxylic acids is 5. The van der Waals surface area contributed by atoms with Gasteiger partial charge in [0.15, 0.2) is 0 Å². The zero-order valence-corrected chi connectivity index (χ0v) is 19.6. The standard InChI is InChI=1S/C20H36N6O8/c1-9(2)8-11(21)17(30)24-12(4-6-14(22)28)18(31)26-16(10(3)27)19(32)25-13(20(33)34)5-7-15(23)29/h9-13,16,27H,4-8,21H2,1-3H3,(H2,22,28)(H2,23,29)(H,24,30)(H,25,32)(H,26,31)(H,33,34). The lowest BCUT2D eigenvalue weighted by atomic mass is 10.0. The second-order valence-electron chi connectivity index (χ2n) is 8.43. The molecule has 5 amide bonds. The number of hydrogen-bond acceptors (Lipinski definition) is 8. The lowest BCUT2D eigenvalue weighted by molar-refractivity contribution is -0.143. The number of aliphatic carboxylic acids is 1. The van der Waals surface area contributed by atoms with Crippen molar-refractivity contribution >= 4 is 35.5 Å². The van der Waals surface area contributed by atoms with E-state index in [0.717, 1.165) is 0 Å². The monoisotopic (exact) mass is 488 g/mol. The van der Waals surface area contributed by atoms with Crippen LogP contribution in [0.4, 0.5) is 0 Å². The molecule has 5 unspecified atom stereocenters. The SMILES string of the molecule is CC(C)CC(N)C(=O)NC(CCC(N)=O)C(=O)NC(C(=O)NC(CCC(N)=O)C(=O)O)C(C)O. The first-order valence-electron chi connectivity index (χ1n) is 10.8. The Morgan fingerprint density at radius 3 is 1.65 bits per heavy atom. The molecule has 0 aromatic carbocycles. The molecular formula is C20H36N6O8. The summed E-state index contributed by atoms with van der Waals surface area (Å²) in [6.07, 6.45) is -2.23. The molecule has 0 aliphatic heterocycles. The Hall–Kier alpha value is -3.26. The average molecular weight is 489 g/mol. The fourth-order valence-corrected chi connectivity index (χ4v) is 2.91. The van der Waals surface area contributed by atoms with Gasteiger partial charge in [-0.1, -0.05) is 13.8 Å². The Balaban J connectivity index is 5.48. The van der Waals surface area contributed by atoms with Crippen molar-refractivity contribution in [1.82, 2.24) is 16.0 Å². The summed E-state index contributed by atoms with van der Waals surface area (Å²) in [7, 11) is 0. The smallest absolute Gasteiger partial charge is 0.326 e. The highest BCUT2D eigenvalue weighted by atomic mass is 16.4. The Morgan fingerprint density at radius 2 is 1.24 bits per heavy atom. The molecule has 5 atom stereocenters. The molecule has 0 heterocycles. The number of nitrogens with one attached hydrogen (secondary N) is 3. The van der Waals surface area contributed by atoms with Crippen LogP contribution in [0.2, 0.25) is 0 Å². The fraction of sp³-hybridized carbons (Fsp3) is 0.700. The third-order valence-electron chi connectivity index (χ3n) is 4.73. The summed E-state index contributed by atoms with van der Waals surface area (Å²) in [5, 5.41) is 26.0. The molecule has 0 aromatic rings. The molecule has 34 heavy (non-hydrogen) atoms. The summed E-state index contributed by atoms with van der Waals surface area (Å²) < 4.78 is 0. The van der Waals surface area contributed by atoms with Gasteiger partial charge < -0.3 is 43.4 Å². The highest BCUT2D eigenvalue weighted by Gasteiger charge is 2.33. The molecule has 14 heteroatoms. The maximum absolute atomic E-state index is 12.8. The number of carboxylic acid groups (broad SMARTS) is 1. The predicted molar refractivity (Wildman–Crippen MR) is 119 cm³/mol. The molecule has 194 valence electrons. The van der Waals surface area contributed by atoms with Crippen LogP contribution in [-0.4, -0.2) is 76.0 Å². The van der Waals surface area contributed by atoms with E-state index >= 15 is 0 Å². The van der Waals surface area contributed by atoms with E-state index in [0.29, 0.717) is 6.42 Å². The number of amides is 5. The molecule has 11 N–H and O–H groups in total. The van der Waals surface area contributed by atoms with Gasteiger partial charge >= 0.3 is 5.97 Å². The van der Waals surface area contributed by atoms with E-state index in [9.17, 15) is 39.0 Å². The van der Waals surface area contributed by atoms with Crippen LogP contribution < -0.4 is 33.2 Å². The highest BCUT2D eigenvalue weighted by molar-refractivity contribution is 5.94. The summed E-state index contributed by atoms with van der Waals surface area (Å²) in [5.74, 6) is -5.48. The van der Waals surface area contributed by atoms with Crippen molar-refractivity contribution in [2.45, 2.75) is 83.1 Å². The number of hydrogen-bond donors (Lipinski definition) is 8. The predicted octanol–water partition coefficient (Wildman–Crippen LogP) is -3.19. The van der Waals surface area contributed by atoms with Gasteiger partial charge in [-0.25, -0.2) is 4.79 Å². The summed E-state index contributed by atoms with van der Waals surface area (Å²) in [6, 6.07) is -5.35. The minimum absolute atomic E-state index is 0.0960. The molecule has 0 aromatic heterocycles. The summed E-state index contributed by atoms with van der Waals surface area (Å²) in [6.45, 7) is 4.88. The Kier molecular flexibility index (Phi) is 13.4. The molecule has 0 rings (SSSR count). The number of primary amides is 2. The van der Waals surface area contributed by atoms with Crippen LogP contribution >= 0.6 is 0 Å². The molecular weight excluding hydrogens is 452 g/mol. The zero-order valence-electron chi connectivity index (χ0n) is 19.6. The van der Waals surface area contributed by atoms with E-state index in [-0.39, 0.29) is 31.6 Å². The molecule has 0 saturated carbocycles. The quantitative estimate of drug-likeness (QED) is 0.109. The zero-order chi connectivity index (χ0) is 26.6. The Labute approximate surface area is 197 Å². The summed E-state index contributed by atoms with van der Waals surface area (Å²) in [5.41, 5.74) is 16.0. The van der Waals surface area contributed by atoms with Crippen molar-refractivity contribution in [2.24, 2.45) is 23.1 Å². The van der Waals surface area contributed by atoms with Gasteiger partial charge in [0.25, 0.3) is 0 Å². The van der Waals surface area contributed by atoms with Crippen LogP contribution in [0.3, 0.4) is 0 Å². The largest absolute Gasteiger partial charge is 0.480 e. The normalized spacial score (nSPS) is 15.4. The number of nitrogens with two attached hydrogens (primary N) is 3. The van der Waals surface area contributed by atoms with Crippen molar-refractivity contribution < 1.29 is 39.0 Å². The number of aliphatic hydroxyl groups excluding tert-OH is 1. The van der Waals surface area contributed by atoms with E-state index in [1.54, 1.807) is 0 Å². The Morgan fingerprint density at radius 1 is 0.765 bits per heavy atom. The van der Waals surface area contributed by atoms with E-state index in [1.807, 2.05) is 13.8 Å². The van der Waals surface area contributed by atoms with Gasteiger partial charge in [-0.05, 0) is 32.1 Å². The van der Waals surface area contributed by atoms with Crippen LogP contribution in [0.25, 0.3) is 0 Å². The van der Waals surface area contributed by atoms with Gasteiger partial charge in [0.2, 0.25) is 29.5 Å². The minimum Gasteiger partial charge on any atom is -0.480 e. The molecule has 14 nitrogen and oxygen atoms in total. The van der Waals surface area contributed by atoms with Gasteiger partial charge in [0, 0.05) is 12.8 Å². The van der Waals surface area contributed by atoms with Crippen molar-refractivity contribution in [1.29, 1.82) is 0 Å². The molecule has 0 radical (unpaired) electrons. The second-order valence-corrected chi connectivity index (χ2v) is 8.43. The first-order chi connectivity index (χ1) is 15.6. The van der Waals surface area contributed by atoms with Gasteiger partial charge in [-0.2, -0.15) is 0 Å². The minimum atomic E-state index is -1.61. The van der Waals surface area contributed by atoms with Crippen molar-refractivity contribution in [3.8, 4) is 0 Å². The number of rotatable bonds is 16. The average Bonchev–Trinajstić information content (AvgIpc) is 2.70. The maximum atomic E-state index is 12.8. The van der Waals surface area contributed by atoms with Crippen LogP contribution in [0, 0.1) is 5.92 Å². The molecule has 0 saturated heterocycles. The molecule has 0 bridgehead atoms. The van der Waals surface area contributed by atoms with Crippen molar-refractivity contribution in [2.75, 3.05) is 0 Å². The van der Waals surface area contributed by atoms with Crippen molar-refractivity contribution in [3.63, 3.8) is 0 Å². The molecule has 0 aliphatic rings. The third kappa shape index (κ3) is 12.1. The lowest BCUT2D eigenvalue weighted by Gasteiger charge is -2.26. The van der Waals surface area contributed by atoms with Gasteiger partial charge in [0.05, 0.1) is 12.1 Å². The van der Waals surface area contributed by atoms with E-state index in [2.05, 4.69) is 16.0 Å². The molecule has 0 spiro atoms. The molecule has 0 aliphatic carbocycles. The maximum Gasteiger partial charge on any atom is 0.326 e. The van der Waals surface area contributed by atoms with Gasteiger partial charge in [-0.3, -0.25) is 24.0 Å². The number of carboxylic acids is 1. The highest BCUT2D eigenvalue weighted by Crippen LogP contribution is 2.06. The van der Waals surface area contributed by atoms with Crippen molar-refractivity contribution in [3.05, 3.63) is 0 Å². The first kappa shape index (κ1) is 30.7. The van der Waals surface area contributed by atoms with Crippen LogP contribution in [0.5, 0.6) is 0 Å². The fourth-order valence-electron chi connectivity index (χ4n) is 2.91. The van der Waals surface area contributed by atoms with E-state index in [4.69, 9.17) is 17.2 Å². The van der Waals surface area contributed by atoms with E-state index < -0.39 is 65.8 Å². The van der Waals surface area contributed by atoms with Gasteiger partial charge in [0.1, 0.15) is 18.1 Å². The third-order valence-corrected chi connectivity index (χ3v) is 4.73. The topological polar surface area (TPSA) is 257 Å². The first-order valence-corrected chi connectivity index (χ1v) is 10.8. The Bertz CT molecular complexity index is 757. The lowest BCUT2D eigenvalue weighted by Crippen LogP contribution is -2.60. The second kappa shape index (κ2) is 14.8. The van der Waals surface area contributed by atoms with Crippen LogP contribution in [0.1, 0.15) is 52.9 Å². The van der Waals surface area contributed by atoms with E-state index in [1.165, 1.54) is 6.92 Å². The summed E-state index contributed by atoms with van der Waals surface area (Å²) >= 11 is 0. The molecule has 0 fully saturated rings. The van der Waals surface area contributed by atoms with Gasteiger partial charge in [-0.15, -0.1) is 0 Å². The number of aliphatic hydroxyl groups is 1.